The van der Waals surface area contributed by atoms with Gasteiger partial charge in [-0.15, -0.1) is 0 Å². The molecule has 0 aliphatic carbocycles. The Bertz CT molecular complexity index is 950. The third kappa shape index (κ3) is 3.25. The number of hydrogen-bond donors (Lipinski definition) is 0. The molecule has 0 unspecified atom stereocenters. The van der Waals surface area contributed by atoms with Crippen molar-refractivity contribution in [3.05, 3.63) is 72.6 Å². The molecule has 2 nitrogen and oxygen atoms in total. The zero-order valence-electron chi connectivity index (χ0n) is 14.2. The van der Waals surface area contributed by atoms with Crippen molar-refractivity contribution in [1.29, 1.82) is 0 Å². The highest BCUT2D eigenvalue weighted by molar-refractivity contribution is 5.90. The maximum atomic E-state index is 14.9. The Balaban J connectivity index is 2.08. The number of fused-ring (bicyclic) bond motifs is 1. The van der Waals surface area contributed by atoms with Crippen LogP contribution in [0.2, 0.25) is 0 Å². The predicted octanol–water partition coefficient (Wildman–Crippen LogP) is 5.89. The highest BCUT2D eigenvalue weighted by Gasteiger charge is 2.20. The van der Waals surface area contributed by atoms with Gasteiger partial charge in [-0.25, -0.2) is 8.78 Å². The number of rotatable bonds is 6. The van der Waals surface area contributed by atoms with Crippen molar-refractivity contribution in [1.82, 2.24) is 0 Å². The summed E-state index contributed by atoms with van der Waals surface area (Å²) in [5, 5.41) is -0.157. The highest BCUT2D eigenvalue weighted by Crippen LogP contribution is 2.35. The van der Waals surface area contributed by atoms with Crippen molar-refractivity contribution in [2.24, 2.45) is 0 Å². The van der Waals surface area contributed by atoms with Gasteiger partial charge in [-0.1, -0.05) is 36.9 Å². The van der Waals surface area contributed by atoms with Gasteiger partial charge in [-0.05, 0) is 36.1 Å². The summed E-state index contributed by atoms with van der Waals surface area (Å²) in [7, 11) is 0. The summed E-state index contributed by atoms with van der Waals surface area (Å²) in [6, 6.07) is 11.0. The summed E-state index contributed by atoms with van der Waals surface area (Å²) in [5.41, 5.74) is 0.708. The molecule has 0 saturated heterocycles. The molecule has 0 N–H and O–H groups in total. The first kappa shape index (κ1) is 17.9. The van der Waals surface area contributed by atoms with Crippen LogP contribution in [0.15, 0.2) is 55.1 Å². The van der Waals surface area contributed by atoms with E-state index in [0.29, 0.717) is 17.9 Å². The van der Waals surface area contributed by atoms with Crippen LogP contribution in [0.25, 0.3) is 21.9 Å². The predicted molar refractivity (Wildman–Crippen MR) is 96.1 cm³/mol. The van der Waals surface area contributed by atoms with Crippen molar-refractivity contribution in [3.63, 3.8) is 0 Å². The van der Waals surface area contributed by atoms with Gasteiger partial charge in [-0.3, -0.25) is 0 Å². The second-order valence-corrected chi connectivity index (χ2v) is 5.58. The van der Waals surface area contributed by atoms with Gasteiger partial charge in [0, 0.05) is 5.56 Å². The molecule has 0 spiro atoms. The van der Waals surface area contributed by atoms with Crippen LogP contribution in [0, 0.1) is 17.5 Å². The van der Waals surface area contributed by atoms with Gasteiger partial charge in [0.25, 0.3) is 0 Å². The van der Waals surface area contributed by atoms with Crippen molar-refractivity contribution in [3.8, 4) is 22.6 Å². The fourth-order valence-electron chi connectivity index (χ4n) is 2.73. The normalized spacial score (nSPS) is 10.8. The average molecular weight is 358 g/mol. The Morgan fingerprint density at radius 2 is 1.65 bits per heavy atom. The summed E-state index contributed by atoms with van der Waals surface area (Å²) in [4.78, 5) is 0. The minimum Gasteiger partial charge on any atom is -0.491 e. The molecular formula is C21H17F3O2. The molecule has 0 bridgehead atoms. The molecule has 0 aliphatic heterocycles. The van der Waals surface area contributed by atoms with E-state index in [0.717, 1.165) is 0 Å². The van der Waals surface area contributed by atoms with E-state index in [4.69, 9.17) is 9.47 Å². The van der Waals surface area contributed by atoms with Crippen molar-refractivity contribution in [2.45, 2.75) is 6.92 Å². The first-order valence-electron chi connectivity index (χ1n) is 8.14. The molecule has 5 heteroatoms. The first-order chi connectivity index (χ1) is 12.6. The van der Waals surface area contributed by atoms with Crippen molar-refractivity contribution >= 4 is 10.8 Å². The number of benzene rings is 3. The second-order valence-electron chi connectivity index (χ2n) is 5.58. The van der Waals surface area contributed by atoms with Gasteiger partial charge in [-0.2, -0.15) is 4.39 Å². The largest absolute Gasteiger partial charge is 0.491 e. The summed E-state index contributed by atoms with van der Waals surface area (Å²) in [5.74, 6) is -2.89. The molecule has 134 valence electrons. The number of halogens is 3. The second kappa shape index (κ2) is 7.52. The first-order valence-corrected chi connectivity index (χ1v) is 8.14. The molecule has 3 rings (SSSR count). The smallest absolute Gasteiger partial charge is 0.201 e. The van der Waals surface area contributed by atoms with E-state index >= 15 is 0 Å². The van der Waals surface area contributed by atoms with Gasteiger partial charge in [0.1, 0.15) is 18.2 Å². The van der Waals surface area contributed by atoms with Gasteiger partial charge in [0.15, 0.2) is 11.6 Å². The molecule has 0 amide bonds. The van der Waals surface area contributed by atoms with Crippen LogP contribution < -0.4 is 9.47 Å². The van der Waals surface area contributed by atoms with Crippen LogP contribution in [-0.2, 0) is 0 Å². The van der Waals surface area contributed by atoms with E-state index in [9.17, 15) is 13.2 Å². The van der Waals surface area contributed by atoms with Crippen LogP contribution in [0.5, 0.6) is 11.5 Å². The molecule has 0 fully saturated rings. The number of ether oxygens (including phenoxy) is 2. The maximum Gasteiger partial charge on any atom is 0.201 e. The van der Waals surface area contributed by atoms with E-state index in [1.807, 2.05) is 0 Å². The third-order valence-corrected chi connectivity index (χ3v) is 3.92. The molecule has 3 aromatic rings. The molecular weight excluding hydrogens is 341 g/mol. The molecule has 0 heterocycles. The minimum atomic E-state index is -1.25. The average Bonchev–Trinajstić information content (AvgIpc) is 2.65. The Kier molecular flexibility index (Phi) is 5.16. The van der Waals surface area contributed by atoms with Crippen LogP contribution >= 0.6 is 0 Å². The molecule has 26 heavy (non-hydrogen) atoms. The summed E-state index contributed by atoms with van der Waals surface area (Å²) in [6.07, 6.45) is 1.62. The summed E-state index contributed by atoms with van der Waals surface area (Å²) < 4.78 is 53.9. The van der Waals surface area contributed by atoms with Crippen LogP contribution in [0.1, 0.15) is 6.92 Å². The van der Waals surface area contributed by atoms with Gasteiger partial charge >= 0.3 is 0 Å². The lowest BCUT2D eigenvalue weighted by molar-refractivity contribution is 0.315. The van der Waals surface area contributed by atoms with E-state index in [1.54, 1.807) is 43.3 Å². The van der Waals surface area contributed by atoms with E-state index in [-0.39, 0.29) is 23.3 Å². The van der Waals surface area contributed by atoms with Crippen LogP contribution in [0.3, 0.4) is 0 Å². The molecule has 0 atom stereocenters. The van der Waals surface area contributed by atoms with Crippen LogP contribution in [0.4, 0.5) is 13.2 Å². The Labute approximate surface area is 149 Å². The maximum absolute atomic E-state index is 14.9. The SMILES string of the molecule is C=CCOc1ccc(-c2ccc3cc(OCC)c(F)c(F)c3c2F)cc1. The van der Waals surface area contributed by atoms with E-state index in [1.165, 1.54) is 12.1 Å². The van der Waals surface area contributed by atoms with Crippen molar-refractivity contribution in [2.75, 3.05) is 13.2 Å². The molecule has 0 aromatic heterocycles. The quantitative estimate of drug-likeness (QED) is 0.512. The fourth-order valence-corrected chi connectivity index (χ4v) is 2.73. The lowest BCUT2D eigenvalue weighted by Crippen LogP contribution is -2.00. The summed E-state index contributed by atoms with van der Waals surface area (Å²) >= 11 is 0. The Hall–Kier alpha value is -2.95. The molecule has 0 radical (unpaired) electrons. The van der Waals surface area contributed by atoms with E-state index in [2.05, 4.69) is 6.58 Å². The highest BCUT2D eigenvalue weighted by atomic mass is 19.2. The van der Waals surface area contributed by atoms with Crippen molar-refractivity contribution < 1.29 is 22.6 Å². The van der Waals surface area contributed by atoms with Gasteiger partial charge < -0.3 is 9.47 Å². The zero-order chi connectivity index (χ0) is 18.7. The van der Waals surface area contributed by atoms with Crippen LogP contribution in [-0.4, -0.2) is 13.2 Å². The lowest BCUT2D eigenvalue weighted by atomic mass is 9.99. The van der Waals surface area contributed by atoms with Gasteiger partial charge in [0.05, 0.1) is 12.0 Å². The Morgan fingerprint density at radius 3 is 2.31 bits per heavy atom. The zero-order valence-corrected chi connectivity index (χ0v) is 14.2. The topological polar surface area (TPSA) is 18.5 Å². The summed E-state index contributed by atoms with van der Waals surface area (Å²) in [6.45, 7) is 5.77. The minimum absolute atomic E-state index is 0.176. The molecule has 3 aromatic carbocycles. The Morgan fingerprint density at radius 1 is 0.923 bits per heavy atom. The fraction of sp³-hybridized carbons (Fsp3) is 0.143. The molecule has 0 saturated carbocycles. The van der Waals surface area contributed by atoms with Gasteiger partial charge in [0.2, 0.25) is 5.82 Å². The number of hydrogen-bond acceptors (Lipinski definition) is 2. The standard InChI is InChI=1S/C21H17F3O2/c1-3-11-26-15-8-5-13(6-9-15)16-10-7-14-12-17(25-4-2)20(23)21(24)18(14)19(16)22/h3,5-10,12H,1,4,11H2,2H3. The third-order valence-electron chi connectivity index (χ3n) is 3.92. The monoisotopic (exact) mass is 358 g/mol. The molecule has 0 aliphatic rings. The lowest BCUT2D eigenvalue weighted by Gasteiger charge is -2.12. The van der Waals surface area contributed by atoms with E-state index < -0.39 is 22.8 Å².